The van der Waals surface area contributed by atoms with Crippen LogP contribution in [-0.2, 0) is 4.74 Å². The summed E-state index contributed by atoms with van der Waals surface area (Å²) in [7, 11) is 1.67. The predicted octanol–water partition coefficient (Wildman–Crippen LogP) is 2.95. The summed E-state index contributed by atoms with van der Waals surface area (Å²) in [4.78, 5) is 13.1. The number of methoxy groups -OCH3 is 1. The minimum Gasteiger partial charge on any atom is -0.343 e. The van der Waals surface area contributed by atoms with Crippen molar-refractivity contribution in [2.45, 2.75) is 6.35 Å². The number of para-hydroxylation sites is 2. The van der Waals surface area contributed by atoms with E-state index in [0.717, 1.165) is 22.4 Å². The molecule has 0 N–H and O–H groups in total. The maximum atomic E-state index is 5.73. The van der Waals surface area contributed by atoms with Crippen LogP contribution in [0.1, 0.15) is 6.35 Å². The number of nitrogens with zero attached hydrogens (tertiary/aromatic N) is 5. The molecule has 0 amide bonds. The third kappa shape index (κ3) is 2.29. The van der Waals surface area contributed by atoms with Gasteiger partial charge >= 0.3 is 0 Å². The lowest BCUT2D eigenvalue weighted by Crippen LogP contribution is -2.19. The van der Waals surface area contributed by atoms with Crippen LogP contribution in [0.15, 0.2) is 67.5 Å². The van der Waals surface area contributed by atoms with Crippen LogP contribution in [-0.4, -0.2) is 31.2 Å². The van der Waals surface area contributed by atoms with E-state index in [0.29, 0.717) is 0 Å². The van der Waals surface area contributed by atoms with E-state index >= 15 is 0 Å². The Hall–Kier alpha value is -2.99. The van der Waals surface area contributed by atoms with Gasteiger partial charge in [0.05, 0.1) is 17.4 Å². The SMILES string of the molecule is COC(n1ccnc1)n1c(-c2cccnc2)nc2ccccc21. The third-order valence-electron chi connectivity index (χ3n) is 3.73. The lowest BCUT2D eigenvalue weighted by Gasteiger charge is -2.21. The molecule has 0 radical (unpaired) electrons. The van der Waals surface area contributed by atoms with Crippen LogP contribution in [0.5, 0.6) is 0 Å². The van der Waals surface area contributed by atoms with Gasteiger partial charge in [0.2, 0.25) is 6.35 Å². The van der Waals surface area contributed by atoms with Crippen LogP contribution >= 0.6 is 0 Å². The monoisotopic (exact) mass is 305 g/mol. The highest BCUT2D eigenvalue weighted by atomic mass is 16.5. The highest BCUT2D eigenvalue weighted by Gasteiger charge is 2.21. The molecule has 6 heteroatoms. The second kappa shape index (κ2) is 5.66. The molecule has 4 aromatic rings. The highest BCUT2D eigenvalue weighted by Crippen LogP contribution is 2.29. The summed E-state index contributed by atoms with van der Waals surface area (Å²) in [6.07, 6.45) is 8.51. The van der Waals surface area contributed by atoms with Crippen molar-refractivity contribution in [3.8, 4) is 11.4 Å². The van der Waals surface area contributed by atoms with Gasteiger partial charge in [-0.05, 0) is 24.3 Å². The van der Waals surface area contributed by atoms with Gasteiger partial charge in [0.15, 0.2) is 0 Å². The molecule has 1 atom stereocenters. The second-order valence-corrected chi connectivity index (χ2v) is 5.11. The molecule has 4 rings (SSSR count). The highest BCUT2D eigenvalue weighted by molar-refractivity contribution is 5.80. The van der Waals surface area contributed by atoms with Gasteiger partial charge in [0.25, 0.3) is 0 Å². The predicted molar refractivity (Wildman–Crippen MR) is 86.6 cm³/mol. The Kier molecular flexibility index (Phi) is 3.36. The number of pyridine rings is 1. The van der Waals surface area contributed by atoms with E-state index in [1.54, 1.807) is 32.0 Å². The summed E-state index contributed by atoms with van der Waals surface area (Å²) in [6, 6.07) is 11.9. The van der Waals surface area contributed by atoms with Gasteiger partial charge in [-0.2, -0.15) is 0 Å². The van der Waals surface area contributed by atoms with Crippen LogP contribution < -0.4 is 0 Å². The van der Waals surface area contributed by atoms with E-state index in [1.165, 1.54) is 0 Å². The Morgan fingerprint density at radius 1 is 1.04 bits per heavy atom. The number of aromatic nitrogens is 5. The fraction of sp³-hybridized carbons (Fsp3) is 0.118. The average Bonchev–Trinajstić information content (AvgIpc) is 3.25. The maximum Gasteiger partial charge on any atom is 0.220 e. The smallest absolute Gasteiger partial charge is 0.220 e. The van der Waals surface area contributed by atoms with Crippen molar-refractivity contribution >= 4 is 11.0 Å². The number of ether oxygens (including phenoxy) is 1. The lowest BCUT2D eigenvalue weighted by molar-refractivity contribution is 0.0237. The summed E-state index contributed by atoms with van der Waals surface area (Å²) in [5, 5.41) is 0. The van der Waals surface area contributed by atoms with Crippen LogP contribution in [0.25, 0.3) is 22.4 Å². The summed E-state index contributed by atoms with van der Waals surface area (Å²) in [5.74, 6) is 0.805. The third-order valence-corrected chi connectivity index (χ3v) is 3.73. The number of fused-ring (bicyclic) bond motifs is 1. The van der Waals surface area contributed by atoms with E-state index in [1.807, 2.05) is 51.7 Å². The quantitative estimate of drug-likeness (QED) is 0.581. The van der Waals surface area contributed by atoms with Gasteiger partial charge in [-0.3, -0.25) is 14.1 Å². The largest absolute Gasteiger partial charge is 0.343 e. The molecule has 23 heavy (non-hydrogen) atoms. The Labute approximate surface area is 133 Å². The zero-order chi connectivity index (χ0) is 15.6. The van der Waals surface area contributed by atoms with Crippen LogP contribution in [0.3, 0.4) is 0 Å². The fourth-order valence-electron chi connectivity index (χ4n) is 2.73. The summed E-state index contributed by atoms with van der Waals surface area (Å²) in [5.41, 5.74) is 2.84. The molecule has 0 saturated heterocycles. The summed E-state index contributed by atoms with van der Waals surface area (Å²) in [6.45, 7) is 0. The van der Waals surface area contributed by atoms with Crippen LogP contribution in [0.2, 0.25) is 0 Å². The topological polar surface area (TPSA) is 57.8 Å². The van der Waals surface area contributed by atoms with E-state index in [4.69, 9.17) is 9.72 Å². The number of rotatable bonds is 4. The Morgan fingerprint density at radius 3 is 2.70 bits per heavy atom. The van der Waals surface area contributed by atoms with Gasteiger partial charge in [-0.1, -0.05) is 12.1 Å². The molecule has 0 aliphatic heterocycles. The second-order valence-electron chi connectivity index (χ2n) is 5.11. The molecule has 6 nitrogen and oxygen atoms in total. The lowest BCUT2D eigenvalue weighted by atomic mass is 10.3. The number of hydrogen-bond acceptors (Lipinski definition) is 4. The average molecular weight is 305 g/mol. The van der Waals surface area contributed by atoms with Gasteiger partial charge < -0.3 is 4.74 Å². The Bertz CT molecular complexity index is 915. The Balaban J connectivity index is 2.00. The van der Waals surface area contributed by atoms with Crippen molar-refractivity contribution in [2.24, 2.45) is 0 Å². The summed E-state index contributed by atoms with van der Waals surface area (Å²) >= 11 is 0. The van der Waals surface area contributed by atoms with E-state index in [-0.39, 0.29) is 6.35 Å². The minimum atomic E-state index is -0.375. The first kappa shape index (κ1) is 13.7. The van der Waals surface area contributed by atoms with Crippen molar-refractivity contribution < 1.29 is 4.74 Å². The van der Waals surface area contributed by atoms with Crippen LogP contribution in [0, 0.1) is 0 Å². The van der Waals surface area contributed by atoms with Crippen molar-refractivity contribution in [1.29, 1.82) is 0 Å². The molecule has 0 spiro atoms. The van der Waals surface area contributed by atoms with Crippen molar-refractivity contribution in [3.05, 3.63) is 67.5 Å². The summed E-state index contributed by atoms with van der Waals surface area (Å²) < 4.78 is 9.68. The molecule has 3 aromatic heterocycles. The van der Waals surface area contributed by atoms with Gasteiger partial charge in [0, 0.05) is 37.5 Å². The maximum absolute atomic E-state index is 5.73. The first-order chi connectivity index (χ1) is 11.4. The fourth-order valence-corrected chi connectivity index (χ4v) is 2.73. The zero-order valence-electron chi connectivity index (χ0n) is 12.6. The van der Waals surface area contributed by atoms with Crippen molar-refractivity contribution in [1.82, 2.24) is 24.1 Å². The molecule has 1 aromatic carbocycles. The molecule has 0 bridgehead atoms. The van der Waals surface area contributed by atoms with Crippen molar-refractivity contribution in [2.75, 3.05) is 7.11 Å². The van der Waals surface area contributed by atoms with Gasteiger partial charge in [0.1, 0.15) is 5.82 Å². The van der Waals surface area contributed by atoms with Gasteiger partial charge in [-0.25, -0.2) is 9.97 Å². The molecular weight excluding hydrogens is 290 g/mol. The normalized spacial score (nSPS) is 12.6. The number of benzene rings is 1. The Morgan fingerprint density at radius 2 is 1.96 bits per heavy atom. The number of hydrogen-bond donors (Lipinski definition) is 0. The molecule has 114 valence electrons. The molecule has 0 aliphatic carbocycles. The first-order valence-corrected chi connectivity index (χ1v) is 7.26. The molecule has 3 heterocycles. The number of imidazole rings is 2. The molecule has 0 fully saturated rings. The molecular formula is C17H15N5O. The standard InChI is InChI=1S/C17H15N5O/c1-23-17(21-10-9-19-12-21)22-15-7-3-2-6-14(15)20-16(22)13-5-4-8-18-11-13/h2-12,17H,1H3. The van der Waals surface area contributed by atoms with E-state index < -0.39 is 0 Å². The van der Waals surface area contributed by atoms with Crippen molar-refractivity contribution in [3.63, 3.8) is 0 Å². The first-order valence-electron chi connectivity index (χ1n) is 7.26. The molecule has 1 unspecified atom stereocenters. The van der Waals surface area contributed by atoms with E-state index in [9.17, 15) is 0 Å². The van der Waals surface area contributed by atoms with Crippen LogP contribution in [0.4, 0.5) is 0 Å². The van der Waals surface area contributed by atoms with E-state index in [2.05, 4.69) is 9.97 Å². The zero-order valence-corrected chi connectivity index (χ0v) is 12.6. The minimum absolute atomic E-state index is 0.375. The molecule has 0 aliphatic rings. The molecule has 0 saturated carbocycles. The van der Waals surface area contributed by atoms with Gasteiger partial charge in [-0.15, -0.1) is 0 Å².